The Morgan fingerprint density at radius 2 is 2.04 bits per heavy atom. The molecule has 6 heteroatoms. The lowest BCUT2D eigenvalue weighted by molar-refractivity contribution is -0.143. The molecule has 0 spiro atoms. The van der Waals surface area contributed by atoms with Crippen LogP contribution in [0.4, 0.5) is 4.39 Å². The second-order valence-corrected chi connectivity index (χ2v) is 7.43. The molecule has 1 saturated heterocycles. The fourth-order valence-corrected chi connectivity index (χ4v) is 3.86. The van der Waals surface area contributed by atoms with Crippen LogP contribution in [0, 0.1) is 11.7 Å². The Kier molecular flexibility index (Phi) is 5.94. The molecule has 26 heavy (non-hydrogen) atoms. The van der Waals surface area contributed by atoms with Crippen molar-refractivity contribution in [2.45, 2.75) is 18.9 Å². The highest BCUT2D eigenvalue weighted by Crippen LogP contribution is 2.38. The first-order valence-electron chi connectivity index (χ1n) is 8.55. The smallest absolute Gasteiger partial charge is 0.307 e. The van der Waals surface area contributed by atoms with Gasteiger partial charge in [0.25, 0.3) is 0 Å². The van der Waals surface area contributed by atoms with Gasteiger partial charge in [0, 0.05) is 16.6 Å². The molecule has 0 bridgehead atoms. The van der Waals surface area contributed by atoms with Gasteiger partial charge in [-0.2, -0.15) is 0 Å². The highest BCUT2D eigenvalue weighted by Gasteiger charge is 2.32. The molecule has 0 saturated carbocycles. The summed E-state index contributed by atoms with van der Waals surface area (Å²) in [6.07, 6.45) is 1.46. The average molecular weight is 422 g/mol. The molecule has 0 amide bonds. The van der Waals surface area contributed by atoms with Crippen LogP contribution in [0.25, 0.3) is 0 Å². The van der Waals surface area contributed by atoms with Crippen molar-refractivity contribution in [3.8, 4) is 5.75 Å². The van der Waals surface area contributed by atoms with Crippen LogP contribution in [-0.2, 0) is 4.79 Å². The van der Waals surface area contributed by atoms with Crippen molar-refractivity contribution in [2.24, 2.45) is 5.92 Å². The fraction of sp³-hybridized carbons (Fsp3) is 0.350. The summed E-state index contributed by atoms with van der Waals surface area (Å²) in [6, 6.07) is 12.0. The number of aliphatic carboxylic acids is 1. The maximum absolute atomic E-state index is 14.0. The topological polar surface area (TPSA) is 49.8 Å². The highest BCUT2D eigenvalue weighted by molar-refractivity contribution is 9.10. The number of carboxylic acid groups (broad SMARTS) is 1. The second kappa shape index (κ2) is 8.18. The van der Waals surface area contributed by atoms with Gasteiger partial charge in [0.15, 0.2) is 0 Å². The van der Waals surface area contributed by atoms with Crippen LogP contribution >= 0.6 is 15.9 Å². The lowest BCUT2D eigenvalue weighted by atomic mass is 9.91. The van der Waals surface area contributed by atoms with Crippen molar-refractivity contribution in [2.75, 3.05) is 20.2 Å². The van der Waals surface area contributed by atoms with E-state index in [1.807, 2.05) is 24.3 Å². The van der Waals surface area contributed by atoms with E-state index in [9.17, 15) is 14.3 Å². The largest absolute Gasteiger partial charge is 0.496 e. The molecule has 0 aromatic heterocycles. The van der Waals surface area contributed by atoms with Gasteiger partial charge in [0.05, 0.1) is 19.1 Å². The standard InChI is InChI=1S/C20H21BrFNO3/c1-26-18-9-8-16(22)11-17(18)19(13-4-6-15(21)7-5-13)23-10-2-3-14(12-23)20(24)25/h4-9,11,14,19H,2-3,10,12H2,1H3,(H,24,25). The molecule has 138 valence electrons. The monoisotopic (exact) mass is 421 g/mol. The molecule has 0 radical (unpaired) electrons. The zero-order valence-corrected chi connectivity index (χ0v) is 16.1. The summed E-state index contributed by atoms with van der Waals surface area (Å²) in [5.41, 5.74) is 1.68. The Bertz CT molecular complexity index is 781. The number of benzene rings is 2. The molecule has 1 N–H and O–H groups in total. The van der Waals surface area contributed by atoms with Gasteiger partial charge >= 0.3 is 5.97 Å². The number of likely N-dealkylation sites (tertiary alicyclic amines) is 1. The first-order valence-corrected chi connectivity index (χ1v) is 9.34. The Labute approximate surface area is 160 Å². The van der Waals surface area contributed by atoms with Crippen LogP contribution in [0.3, 0.4) is 0 Å². The summed E-state index contributed by atoms with van der Waals surface area (Å²) in [6.45, 7) is 1.18. The predicted octanol–water partition coefficient (Wildman–Crippen LogP) is 4.48. The third kappa shape index (κ3) is 4.07. The molecular weight excluding hydrogens is 401 g/mol. The van der Waals surface area contributed by atoms with Gasteiger partial charge in [-0.3, -0.25) is 9.69 Å². The maximum Gasteiger partial charge on any atom is 0.307 e. The number of rotatable bonds is 5. The summed E-state index contributed by atoms with van der Waals surface area (Å²) in [5.74, 6) is -0.941. The zero-order chi connectivity index (χ0) is 18.7. The fourth-order valence-electron chi connectivity index (χ4n) is 3.59. The molecule has 0 aliphatic carbocycles. The predicted molar refractivity (Wildman–Crippen MR) is 101 cm³/mol. The van der Waals surface area contributed by atoms with Gasteiger partial charge < -0.3 is 9.84 Å². The molecule has 2 aromatic rings. The Balaban J connectivity index is 2.06. The minimum atomic E-state index is -0.782. The lowest BCUT2D eigenvalue weighted by Gasteiger charge is -2.38. The maximum atomic E-state index is 14.0. The molecular formula is C20H21BrFNO3. The van der Waals surface area contributed by atoms with Crippen molar-refractivity contribution < 1.29 is 19.0 Å². The van der Waals surface area contributed by atoms with E-state index in [-0.39, 0.29) is 11.9 Å². The average Bonchev–Trinajstić information content (AvgIpc) is 2.64. The van der Waals surface area contributed by atoms with Gasteiger partial charge in [-0.1, -0.05) is 28.1 Å². The second-order valence-electron chi connectivity index (χ2n) is 6.51. The summed E-state index contributed by atoms with van der Waals surface area (Å²) in [4.78, 5) is 13.6. The van der Waals surface area contributed by atoms with Crippen LogP contribution in [0.2, 0.25) is 0 Å². The highest BCUT2D eigenvalue weighted by atomic mass is 79.9. The first kappa shape index (κ1) is 18.9. The van der Waals surface area contributed by atoms with E-state index < -0.39 is 11.9 Å². The first-order chi connectivity index (χ1) is 12.5. The van der Waals surface area contributed by atoms with Gasteiger partial charge in [0.1, 0.15) is 11.6 Å². The number of nitrogens with zero attached hydrogens (tertiary/aromatic N) is 1. The van der Waals surface area contributed by atoms with Gasteiger partial charge in [0.2, 0.25) is 0 Å². The summed E-state index contributed by atoms with van der Waals surface area (Å²) in [5, 5.41) is 9.44. The van der Waals surface area contributed by atoms with E-state index in [1.165, 1.54) is 12.1 Å². The van der Waals surface area contributed by atoms with E-state index in [0.29, 0.717) is 24.3 Å². The van der Waals surface area contributed by atoms with E-state index in [1.54, 1.807) is 13.2 Å². The van der Waals surface area contributed by atoms with Crippen molar-refractivity contribution >= 4 is 21.9 Å². The molecule has 4 nitrogen and oxygen atoms in total. The Morgan fingerprint density at radius 3 is 2.69 bits per heavy atom. The number of ether oxygens (including phenoxy) is 1. The Hall–Kier alpha value is -1.92. The van der Waals surface area contributed by atoms with Crippen LogP contribution in [0.1, 0.15) is 30.0 Å². The summed E-state index contributed by atoms with van der Waals surface area (Å²) < 4.78 is 20.4. The van der Waals surface area contributed by atoms with Crippen molar-refractivity contribution in [1.82, 2.24) is 4.90 Å². The molecule has 1 heterocycles. The van der Waals surface area contributed by atoms with Crippen molar-refractivity contribution in [1.29, 1.82) is 0 Å². The minimum Gasteiger partial charge on any atom is -0.496 e. The van der Waals surface area contributed by atoms with Gasteiger partial charge in [-0.25, -0.2) is 4.39 Å². The zero-order valence-electron chi connectivity index (χ0n) is 14.5. The number of halogens is 2. The molecule has 1 fully saturated rings. The van der Waals surface area contributed by atoms with E-state index in [4.69, 9.17) is 4.74 Å². The van der Waals surface area contributed by atoms with Crippen molar-refractivity contribution in [3.63, 3.8) is 0 Å². The SMILES string of the molecule is COc1ccc(F)cc1C(c1ccc(Br)cc1)N1CCCC(C(=O)O)C1. The van der Waals surface area contributed by atoms with Gasteiger partial charge in [-0.05, 0) is 55.3 Å². The van der Waals surface area contributed by atoms with E-state index >= 15 is 0 Å². The molecule has 2 unspecified atom stereocenters. The Morgan fingerprint density at radius 1 is 1.31 bits per heavy atom. The minimum absolute atomic E-state index is 0.268. The molecule has 1 aliphatic heterocycles. The van der Waals surface area contributed by atoms with Gasteiger partial charge in [-0.15, -0.1) is 0 Å². The normalized spacial score (nSPS) is 19.1. The molecule has 3 rings (SSSR count). The van der Waals surface area contributed by atoms with Crippen LogP contribution < -0.4 is 4.74 Å². The van der Waals surface area contributed by atoms with E-state index in [0.717, 1.165) is 23.0 Å². The van der Waals surface area contributed by atoms with Crippen LogP contribution in [-0.4, -0.2) is 36.2 Å². The molecule has 1 aliphatic rings. The number of hydrogen-bond acceptors (Lipinski definition) is 3. The summed E-state index contributed by atoms with van der Waals surface area (Å²) >= 11 is 3.44. The number of carboxylic acids is 1. The third-order valence-electron chi connectivity index (χ3n) is 4.84. The number of hydrogen-bond donors (Lipinski definition) is 1. The van der Waals surface area contributed by atoms with Crippen LogP contribution in [0.15, 0.2) is 46.9 Å². The van der Waals surface area contributed by atoms with E-state index in [2.05, 4.69) is 20.8 Å². The van der Waals surface area contributed by atoms with Crippen molar-refractivity contribution in [3.05, 3.63) is 63.9 Å². The lowest BCUT2D eigenvalue weighted by Crippen LogP contribution is -2.41. The molecule has 2 aromatic carbocycles. The molecule has 2 atom stereocenters. The number of methoxy groups -OCH3 is 1. The summed E-state index contributed by atoms with van der Waals surface area (Å²) in [7, 11) is 1.56. The third-order valence-corrected chi connectivity index (χ3v) is 5.37. The van der Waals surface area contributed by atoms with Crippen LogP contribution in [0.5, 0.6) is 5.75 Å². The quantitative estimate of drug-likeness (QED) is 0.772. The number of piperidine rings is 1. The number of carbonyl (C=O) groups is 1.